The number of carbonyl (C=O) groups excluding carboxylic acids is 1. The van der Waals surface area contributed by atoms with Crippen LogP contribution in [-0.2, 0) is 14.8 Å². The smallest absolute Gasteiger partial charge is 0.238 e. The number of primary sulfonamides is 1. The van der Waals surface area contributed by atoms with E-state index in [0.29, 0.717) is 30.8 Å². The molecule has 1 saturated heterocycles. The minimum Gasteiger partial charge on any atom is -0.399 e. The zero-order chi connectivity index (χ0) is 14.0. The number of nitrogens with one attached hydrogen (secondary N) is 2. The molecule has 1 aromatic rings. The van der Waals surface area contributed by atoms with Crippen LogP contribution >= 0.6 is 0 Å². The summed E-state index contributed by atoms with van der Waals surface area (Å²) in [4.78, 5) is 11.0. The summed E-state index contributed by atoms with van der Waals surface area (Å²) in [7, 11) is -3.79. The number of amides is 1. The average Bonchev–Trinajstić information content (AvgIpc) is 2.30. The normalized spacial score (nSPS) is 19.8. The van der Waals surface area contributed by atoms with Gasteiger partial charge in [0.1, 0.15) is 0 Å². The van der Waals surface area contributed by atoms with Gasteiger partial charge in [0.25, 0.3) is 0 Å². The molecule has 2 rings (SSSR count). The number of nitrogen functional groups attached to an aromatic ring is 1. The van der Waals surface area contributed by atoms with E-state index in [1.165, 1.54) is 12.1 Å². The van der Waals surface area contributed by atoms with Gasteiger partial charge in [-0.25, -0.2) is 13.6 Å². The Labute approximate surface area is 111 Å². The fraction of sp³-hybridized carbons (Fsp3) is 0.364. The Balaban J connectivity index is 2.17. The van der Waals surface area contributed by atoms with Crippen LogP contribution in [0.2, 0.25) is 0 Å². The molecule has 0 saturated carbocycles. The third-order valence-electron chi connectivity index (χ3n) is 2.89. The number of carbonyl (C=O) groups is 1. The third-order valence-corrected chi connectivity index (χ3v) is 3.79. The van der Waals surface area contributed by atoms with E-state index < -0.39 is 10.0 Å². The quantitative estimate of drug-likeness (QED) is 0.562. The molecule has 0 radical (unpaired) electrons. The van der Waals surface area contributed by atoms with E-state index >= 15 is 0 Å². The van der Waals surface area contributed by atoms with Crippen LogP contribution in [0.1, 0.15) is 12.8 Å². The minimum absolute atomic E-state index is 0.0239. The van der Waals surface area contributed by atoms with Crippen molar-refractivity contribution in [2.45, 2.75) is 23.8 Å². The van der Waals surface area contributed by atoms with Gasteiger partial charge in [0.2, 0.25) is 15.9 Å². The lowest BCUT2D eigenvalue weighted by Gasteiger charge is -2.24. The lowest BCUT2D eigenvalue weighted by molar-refractivity contribution is -0.122. The Hall–Kier alpha value is -1.80. The summed E-state index contributed by atoms with van der Waals surface area (Å²) in [5.41, 5.74) is 6.54. The number of piperidine rings is 1. The van der Waals surface area contributed by atoms with Crippen molar-refractivity contribution in [2.75, 3.05) is 17.6 Å². The summed E-state index contributed by atoms with van der Waals surface area (Å²) >= 11 is 0. The predicted octanol–water partition coefficient (Wildman–Crippen LogP) is -0.393. The standard InChI is InChI=1S/C11H16N4O3S/c12-7-3-9(5-10(4-7)19(13,17)18)15-8-1-2-11(16)14-6-8/h3-5,8,15H,1-2,6,12H2,(H,14,16)(H2,13,17,18). The van der Waals surface area contributed by atoms with Crippen molar-refractivity contribution in [3.05, 3.63) is 18.2 Å². The van der Waals surface area contributed by atoms with Gasteiger partial charge in [0.05, 0.1) is 4.90 Å². The second-order valence-corrected chi connectivity index (χ2v) is 6.08. The van der Waals surface area contributed by atoms with Gasteiger partial charge in [0, 0.05) is 30.4 Å². The molecular weight excluding hydrogens is 268 g/mol. The summed E-state index contributed by atoms with van der Waals surface area (Å²) in [6, 6.07) is 4.42. The predicted molar refractivity (Wildman–Crippen MR) is 71.9 cm³/mol. The molecular formula is C11H16N4O3S. The first-order valence-corrected chi connectivity index (χ1v) is 7.36. The largest absolute Gasteiger partial charge is 0.399 e. The number of nitrogens with two attached hydrogens (primary N) is 2. The van der Waals surface area contributed by atoms with Crippen LogP contribution in [-0.4, -0.2) is 26.9 Å². The number of rotatable bonds is 3. The molecule has 1 fully saturated rings. The number of anilines is 2. The highest BCUT2D eigenvalue weighted by atomic mass is 32.2. The maximum Gasteiger partial charge on any atom is 0.238 e. The van der Waals surface area contributed by atoms with Gasteiger partial charge >= 0.3 is 0 Å². The van der Waals surface area contributed by atoms with Crippen molar-refractivity contribution in [1.29, 1.82) is 0 Å². The van der Waals surface area contributed by atoms with Crippen molar-refractivity contribution in [2.24, 2.45) is 5.14 Å². The maximum atomic E-state index is 11.3. The van der Waals surface area contributed by atoms with Crippen LogP contribution in [0.4, 0.5) is 11.4 Å². The van der Waals surface area contributed by atoms with Gasteiger partial charge in [-0.2, -0.15) is 0 Å². The van der Waals surface area contributed by atoms with Crippen molar-refractivity contribution < 1.29 is 13.2 Å². The monoisotopic (exact) mass is 284 g/mol. The molecule has 7 nitrogen and oxygen atoms in total. The first kappa shape index (κ1) is 13.6. The van der Waals surface area contributed by atoms with Gasteiger partial charge in [-0.05, 0) is 24.6 Å². The van der Waals surface area contributed by atoms with Crippen LogP contribution < -0.4 is 21.5 Å². The lowest BCUT2D eigenvalue weighted by Crippen LogP contribution is -2.41. The summed E-state index contributed by atoms with van der Waals surface area (Å²) in [6.45, 7) is 0.498. The SMILES string of the molecule is Nc1cc(NC2CCC(=O)NC2)cc(S(N)(=O)=O)c1. The molecule has 1 atom stereocenters. The van der Waals surface area contributed by atoms with Crippen LogP contribution in [0.5, 0.6) is 0 Å². The highest BCUT2D eigenvalue weighted by molar-refractivity contribution is 7.89. The van der Waals surface area contributed by atoms with E-state index in [1.807, 2.05) is 0 Å². The summed E-state index contributed by atoms with van der Waals surface area (Å²) in [6.07, 6.45) is 1.13. The van der Waals surface area contributed by atoms with Gasteiger partial charge in [-0.15, -0.1) is 0 Å². The highest BCUT2D eigenvalue weighted by Crippen LogP contribution is 2.21. The minimum atomic E-state index is -3.79. The Bertz CT molecular complexity index is 590. The molecule has 6 N–H and O–H groups in total. The molecule has 1 unspecified atom stereocenters. The van der Waals surface area contributed by atoms with E-state index in [-0.39, 0.29) is 16.8 Å². The average molecular weight is 284 g/mol. The topological polar surface area (TPSA) is 127 Å². The molecule has 19 heavy (non-hydrogen) atoms. The maximum absolute atomic E-state index is 11.3. The van der Waals surface area contributed by atoms with E-state index in [1.54, 1.807) is 6.07 Å². The van der Waals surface area contributed by atoms with E-state index in [9.17, 15) is 13.2 Å². The Kier molecular flexibility index (Phi) is 3.63. The van der Waals surface area contributed by atoms with Gasteiger partial charge in [-0.3, -0.25) is 4.79 Å². The van der Waals surface area contributed by atoms with Crippen molar-refractivity contribution in [1.82, 2.24) is 5.32 Å². The summed E-state index contributed by atoms with van der Waals surface area (Å²) < 4.78 is 22.6. The summed E-state index contributed by atoms with van der Waals surface area (Å²) in [5, 5.41) is 11.0. The van der Waals surface area contributed by atoms with E-state index in [4.69, 9.17) is 10.9 Å². The van der Waals surface area contributed by atoms with Gasteiger partial charge < -0.3 is 16.4 Å². The second kappa shape index (κ2) is 5.06. The molecule has 0 aromatic heterocycles. The first-order chi connectivity index (χ1) is 8.84. The van der Waals surface area contributed by atoms with Crippen LogP contribution in [0.15, 0.2) is 23.1 Å². The molecule has 0 spiro atoms. The fourth-order valence-electron chi connectivity index (χ4n) is 1.96. The molecule has 104 valence electrons. The number of benzene rings is 1. The Morgan fingerprint density at radius 1 is 1.32 bits per heavy atom. The zero-order valence-electron chi connectivity index (χ0n) is 10.2. The zero-order valence-corrected chi connectivity index (χ0v) is 11.0. The lowest BCUT2D eigenvalue weighted by atomic mass is 10.1. The molecule has 1 amide bonds. The van der Waals surface area contributed by atoms with Crippen molar-refractivity contribution in [3.8, 4) is 0 Å². The number of hydrogen-bond donors (Lipinski definition) is 4. The first-order valence-electron chi connectivity index (χ1n) is 5.81. The second-order valence-electron chi connectivity index (χ2n) is 4.52. The molecule has 1 aromatic carbocycles. The number of sulfonamides is 1. The number of hydrogen-bond acceptors (Lipinski definition) is 5. The van der Waals surface area contributed by atoms with E-state index in [0.717, 1.165) is 0 Å². The van der Waals surface area contributed by atoms with Crippen LogP contribution in [0, 0.1) is 0 Å². The molecule has 1 heterocycles. The van der Waals surface area contributed by atoms with E-state index in [2.05, 4.69) is 10.6 Å². The van der Waals surface area contributed by atoms with Crippen LogP contribution in [0.25, 0.3) is 0 Å². The fourth-order valence-corrected chi connectivity index (χ4v) is 2.55. The van der Waals surface area contributed by atoms with Crippen molar-refractivity contribution in [3.63, 3.8) is 0 Å². The summed E-state index contributed by atoms with van der Waals surface area (Å²) in [5.74, 6) is 0.0239. The molecule has 0 aliphatic carbocycles. The molecule has 1 aliphatic heterocycles. The Morgan fingerprint density at radius 2 is 2.05 bits per heavy atom. The third kappa shape index (κ3) is 3.58. The molecule has 1 aliphatic rings. The van der Waals surface area contributed by atoms with Crippen LogP contribution in [0.3, 0.4) is 0 Å². The Morgan fingerprint density at radius 3 is 2.63 bits per heavy atom. The van der Waals surface area contributed by atoms with Crippen molar-refractivity contribution >= 4 is 27.3 Å². The highest BCUT2D eigenvalue weighted by Gasteiger charge is 2.18. The van der Waals surface area contributed by atoms with Gasteiger partial charge in [-0.1, -0.05) is 0 Å². The molecule has 8 heteroatoms. The van der Waals surface area contributed by atoms with Gasteiger partial charge in [0.15, 0.2) is 0 Å². The molecule has 0 bridgehead atoms.